The highest BCUT2D eigenvalue weighted by atomic mass is 35.5. The monoisotopic (exact) mass is 447 g/mol. The molecule has 1 aliphatic rings. The van der Waals surface area contributed by atoms with E-state index in [-0.39, 0.29) is 11.8 Å². The Morgan fingerprint density at radius 3 is 2.50 bits per heavy atom. The van der Waals surface area contributed by atoms with E-state index in [0.717, 1.165) is 11.3 Å². The summed E-state index contributed by atoms with van der Waals surface area (Å²) in [6.07, 6.45) is 0. The number of hydrogen-bond donors (Lipinski definition) is 1. The van der Waals surface area contributed by atoms with Gasteiger partial charge in [0.15, 0.2) is 5.17 Å². The van der Waals surface area contributed by atoms with E-state index < -0.39 is 5.37 Å². The molecule has 158 valence electrons. The second-order valence-corrected chi connectivity index (χ2v) is 8.12. The average molecular weight is 448 g/mol. The maximum absolute atomic E-state index is 12.1. The molecule has 0 saturated carbocycles. The lowest BCUT2D eigenvalue weighted by Gasteiger charge is -2.22. The molecule has 1 atom stereocenters. The molecule has 2 aromatic rings. The SMILES string of the molecule is CC(=O)NC1=NN(C(C)=O)[C@@H](c2cc(Cl)ccc2OCCOc2ccc(C)cc2)S1. The highest BCUT2D eigenvalue weighted by Crippen LogP contribution is 2.43. The molecule has 9 heteroatoms. The molecule has 0 spiro atoms. The number of carbonyl (C=O) groups excluding carboxylic acids is 2. The summed E-state index contributed by atoms with van der Waals surface area (Å²) in [6.45, 7) is 5.47. The van der Waals surface area contributed by atoms with Crippen molar-refractivity contribution in [1.82, 2.24) is 10.3 Å². The number of rotatable bonds is 6. The third-order valence-electron chi connectivity index (χ3n) is 4.12. The summed E-state index contributed by atoms with van der Waals surface area (Å²) in [6, 6.07) is 13.0. The predicted octanol–water partition coefficient (Wildman–Crippen LogP) is 4.11. The van der Waals surface area contributed by atoms with Gasteiger partial charge in [0.25, 0.3) is 0 Å². The molecule has 0 unspecified atom stereocenters. The summed E-state index contributed by atoms with van der Waals surface area (Å²) in [5.41, 5.74) is 1.84. The Morgan fingerprint density at radius 2 is 1.83 bits per heavy atom. The highest BCUT2D eigenvalue weighted by molar-refractivity contribution is 8.14. The lowest BCUT2D eigenvalue weighted by Crippen LogP contribution is -2.25. The normalized spacial score (nSPS) is 15.5. The fourth-order valence-electron chi connectivity index (χ4n) is 2.75. The van der Waals surface area contributed by atoms with Crippen LogP contribution in [0.2, 0.25) is 5.02 Å². The lowest BCUT2D eigenvalue weighted by molar-refractivity contribution is -0.129. The molecule has 1 heterocycles. The van der Waals surface area contributed by atoms with Crippen LogP contribution in [-0.4, -0.2) is 35.2 Å². The predicted molar refractivity (Wildman–Crippen MR) is 118 cm³/mol. The maximum Gasteiger partial charge on any atom is 0.241 e. The summed E-state index contributed by atoms with van der Waals surface area (Å²) in [4.78, 5) is 23.5. The first-order valence-electron chi connectivity index (χ1n) is 9.28. The molecular weight excluding hydrogens is 426 g/mol. The van der Waals surface area contributed by atoms with Crippen LogP contribution in [0.25, 0.3) is 0 Å². The van der Waals surface area contributed by atoms with Gasteiger partial charge >= 0.3 is 0 Å². The summed E-state index contributed by atoms with van der Waals surface area (Å²) < 4.78 is 11.6. The summed E-state index contributed by atoms with van der Waals surface area (Å²) in [5, 5.41) is 8.48. The van der Waals surface area contributed by atoms with E-state index in [9.17, 15) is 9.59 Å². The molecular formula is C21H22ClN3O4S. The number of hydrazone groups is 1. The van der Waals surface area contributed by atoms with E-state index in [1.54, 1.807) is 18.2 Å². The Hall–Kier alpha value is -2.71. The van der Waals surface area contributed by atoms with E-state index in [4.69, 9.17) is 21.1 Å². The van der Waals surface area contributed by atoms with Gasteiger partial charge in [-0.1, -0.05) is 41.1 Å². The molecule has 3 rings (SSSR count). The number of nitrogens with zero attached hydrogens (tertiary/aromatic N) is 2. The zero-order chi connectivity index (χ0) is 21.7. The second-order valence-electron chi connectivity index (χ2n) is 6.61. The first-order chi connectivity index (χ1) is 14.3. The van der Waals surface area contributed by atoms with Gasteiger partial charge < -0.3 is 14.8 Å². The van der Waals surface area contributed by atoms with E-state index in [0.29, 0.717) is 34.7 Å². The van der Waals surface area contributed by atoms with Crippen molar-refractivity contribution in [3.63, 3.8) is 0 Å². The van der Waals surface area contributed by atoms with Gasteiger partial charge in [-0.05, 0) is 37.3 Å². The molecule has 30 heavy (non-hydrogen) atoms. The second kappa shape index (κ2) is 9.86. The van der Waals surface area contributed by atoms with Crippen molar-refractivity contribution in [2.24, 2.45) is 5.10 Å². The molecule has 0 saturated heterocycles. The maximum atomic E-state index is 12.1. The van der Waals surface area contributed by atoms with Crippen LogP contribution < -0.4 is 14.8 Å². The zero-order valence-corrected chi connectivity index (χ0v) is 18.4. The van der Waals surface area contributed by atoms with Crippen LogP contribution in [0.5, 0.6) is 11.5 Å². The van der Waals surface area contributed by atoms with Gasteiger partial charge in [-0.2, -0.15) is 0 Å². The zero-order valence-electron chi connectivity index (χ0n) is 16.8. The van der Waals surface area contributed by atoms with Crippen molar-refractivity contribution >= 4 is 40.3 Å². The Balaban J connectivity index is 1.70. The number of benzene rings is 2. The first-order valence-corrected chi connectivity index (χ1v) is 10.5. The van der Waals surface area contributed by atoms with Crippen LogP contribution >= 0.6 is 23.4 Å². The molecule has 0 fully saturated rings. The smallest absolute Gasteiger partial charge is 0.241 e. The number of aryl methyl sites for hydroxylation is 1. The van der Waals surface area contributed by atoms with E-state index in [2.05, 4.69) is 10.4 Å². The standard InChI is InChI=1S/C21H22ClN3O4S/c1-13-4-7-17(8-5-13)28-10-11-29-19-9-6-16(22)12-18(19)20-25(15(3)27)24-21(30-20)23-14(2)26/h4-9,12,20H,10-11H2,1-3H3,(H,23,24,26)/t20-/m1/s1. The minimum absolute atomic E-state index is 0.263. The Labute approximate surface area is 184 Å². The van der Waals surface area contributed by atoms with Gasteiger partial charge in [-0.25, -0.2) is 5.01 Å². The van der Waals surface area contributed by atoms with Crippen molar-refractivity contribution in [3.05, 3.63) is 58.6 Å². The molecule has 1 N–H and O–H groups in total. The van der Waals surface area contributed by atoms with Gasteiger partial charge in [-0.15, -0.1) is 5.10 Å². The van der Waals surface area contributed by atoms with E-state index in [1.165, 1.54) is 30.6 Å². The minimum Gasteiger partial charge on any atom is -0.490 e. The molecule has 0 aliphatic carbocycles. The van der Waals surface area contributed by atoms with Crippen LogP contribution in [0.1, 0.15) is 30.3 Å². The Bertz CT molecular complexity index is 965. The first kappa shape index (κ1) is 22.0. The molecule has 7 nitrogen and oxygen atoms in total. The van der Waals surface area contributed by atoms with Crippen molar-refractivity contribution in [1.29, 1.82) is 0 Å². The summed E-state index contributed by atoms with van der Waals surface area (Å²) in [5.74, 6) is 0.806. The fourth-order valence-corrected chi connectivity index (χ4v) is 4.09. The van der Waals surface area contributed by atoms with Crippen molar-refractivity contribution in [3.8, 4) is 11.5 Å². The largest absolute Gasteiger partial charge is 0.490 e. The van der Waals surface area contributed by atoms with Gasteiger partial charge in [-0.3, -0.25) is 9.59 Å². The molecule has 2 aromatic carbocycles. The number of amides is 2. The topological polar surface area (TPSA) is 80.2 Å². The van der Waals surface area contributed by atoms with Gasteiger partial charge in [0, 0.05) is 24.4 Å². The summed E-state index contributed by atoms with van der Waals surface area (Å²) in [7, 11) is 0. The molecule has 2 amide bonds. The van der Waals surface area contributed by atoms with Crippen LogP contribution in [-0.2, 0) is 9.59 Å². The highest BCUT2D eigenvalue weighted by Gasteiger charge is 2.34. The third kappa shape index (κ3) is 5.67. The van der Waals surface area contributed by atoms with Crippen molar-refractivity contribution in [2.75, 3.05) is 13.2 Å². The third-order valence-corrected chi connectivity index (χ3v) is 5.44. The fraction of sp³-hybridized carbons (Fsp3) is 0.286. The Morgan fingerprint density at radius 1 is 1.13 bits per heavy atom. The van der Waals surface area contributed by atoms with Crippen LogP contribution in [0.15, 0.2) is 47.6 Å². The summed E-state index contributed by atoms with van der Waals surface area (Å²) >= 11 is 7.44. The lowest BCUT2D eigenvalue weighted by atomic mass is 10.2. The molecule has 0 aromatic heterocycles. The van der Waals surface area contributed by atoms with Crippen LogP contribution in [0.3, 0.4) is 0 Å². The number of ether oxygens (including phenoxy) is 2. The molecule has 0 radical (unpaired) electrons. The van der Waals surface area contributed by atoms with Gasteiger partial charge in [0.2, 0.25) is 11.8 Å². The van der Waals surface area contributed by atoms with Crippen LogP contribution in [0, 0.1) is 6.92 Å². The number of amidine groups is 1. The quantitative estimate of drug-likeness (QED) is 0.674. The number of thioether (sulfide) groups is 1. The number of nitrogens with one attached hydrogen (secondary N) is 1. The van der Waals surface area contributed by atoms with Crippen molar-refractivity contribution in [2.45, 2.75) is 26.1 Å². The van der Waals surface area contributed by atoms with Gasteiger partial charge in [0.1, 0.15) is 30.1 Å². The van der Waals surface area contributed by atoms with E-state index >= 15 is 0 Å². The number of carbonyl (C=O) groups is 2. The van der Waals surface area contributed by atoms with E-state index in [1.807, 2.05) is 31.2 Å². The Kier molecular flexibility index (Phi) is 7.23. The van der Waals surface area contributed by atoms with Crippen LogP contribution in [0.4, 0.5) is 0 Å². The number of halogens is 1. The van der Waals surface area contributed by atoms with Crippen molar-refractivity contribution < 1.29 is 19.1 Å². The minimum atomic E-state index is -0.504. The average Bonchev–Trinajstić information content (AvgIpc) is 3.10. The van der Waals surface area contributed by atoms with Gasteiger partial charge in [0.05, 0.1) is 0 Å². The number of hydrogen-bond acceptors (Lipinski definition) is 6. The molecule has 0 bridgehead atoms. The molecule has 1 aliphatic heterocycles.